The van der Waals surface area contributed by atoms with E-state index >= 15 is 0 Å². The lowest BCUT2D eigenvalue weighted by atomic mass is 10.1. The number of nitrogens with two attached hydrogens (primary N) is 1. The molecule has 0 fully saturated rings. The van der Waals surface area contributed by atoms with Gasteiger partial charge in [0.1, 0.15) is 0 Å². The second-order valence-electron chi connectivity index (χ2n) is 4.59. The molecule has 106 valence electrons. The summed E-state index contributed by atoms with van der Waals surface area (Å²) in [5.41, 5.74) is 8.93. The molecule has 0 saturated carbocycles. The highest BCUT2D eigenvalue weighted by Gasteiger charge is 2.15. The van der Waals surface area contributed by atoms with Gasteiger partial charge in [-0.15, -0.1) is 0 Å². The first kappa shape index (κ1) is 15.6. The second-order valence-corrected chi connectivity index (χ2v) is 6.29. The van der Waals surface area contributed by atoms with Crippen molar-refractivity contribution in [3.05, 3.63) is 62.0 Å². The van der Waals surface area contributed by atoms with E-state index in [1.165, 1.54) is 0 Å². The number of anilines is 1. The number of aryl methyl sites for hydroxylation is 1. The molecule has 0 aromatic heterocycles. The number of benzene rings is 2. The van der Waals surface area contributed by atoms with Crippen molar-refractivity contribution in [2.75, 3.05) is 11.9 Å². The molecule has 1 unspecified atom stereocenters. The summed E-state index contributed by atoms with van der Waals surface area (Å²) >= 11 is 15.8. The molecule has 0 heterocycles. The van der Waals surface area contributed by atoms with Crippen molar-refractivity contribution in [2.24, 2.45) is 5.73 Å². The van der Waals surface area contributed by atoms with Crippen LogP contribution in [-0.4, -0.2) is 6.54 Å². The average Bonchev–Trinajstić information content (AvgIpc) is 2.38. The molecule has 0 radical (unpaired) electrons. The summed E-state index contributed by atoms with van der Waals surface area (Å²) in [5.74, 6) is 0. The summed E-state index contributed by atoms with van der Waals surface area (Å²) in [6.45, 7) is 2.46. The molecule has 0 amide bonds. The van der Waals surface area contributed by atoms with E-state index in [1.54, 1.807) is 6.07 Å². The van der Waals surface area contributed by atoms with Crippen LogP contribution in [0.4, 0.5) is 5.69 Å². The molecular formula is C15H15BrCl2N2. The van der Waals surface area contributed by atoms with Crippen LogP contribution >= 0.6 is 39.1 Å². The molecule has 20 heavy (non-hydrogen) atoms. The van der Waals surface area contributed by atoms with Gasteiger partial charge in [-0.05, 0) is 42.3 Å². The Hall–Kier alpha value is -0.740. The lowest BCUT2D eigenvalue weighted by molar-refractivity contribution is 0.790. The highest BCUT2D eigenvalue weighted by atomic mass is 79.9. The van der Waals surface area contributed by atoms with Gasteiger partial charge < -0.3 is 11.1 Å². The van der Waals surface area contributed by atoms with Gasteiger partial charge in [0, 0.05) is 16.7 Å². The Labute approximate surface area is 137 Å². The van der Waals surface area contributed by atoms with Gasteiger partial charge in [0.2, 0.25) is 0 Å². The van der Waals surface area contributed by atoms with Crippen molar-refractivity contribution in [3.8, 4) is 0 Å². The van der Waals surface area contributed by atoms with E-state index in [4.69, 9.17) is 28.9 Å². The highest BCUT2D eigenvalue weighted by Crippen LogP contribution is 2.32. The Balaban J connectivity index is 2.31. The molecule has 0 spiro atoms. The fraction of sp³-hybridized carbons (Fsp3) is 0.200. The average molecular weight is 374 g/mol. The van der Waals surface area contributed by atoms with Crippen molar-refractivity contribution in [1.29, 1.82) is 0 Å². The normalized spacial score (nSPS) is 12.2. The summed E-state index contributed by atoms with van der Waals surface area (Å²) in [6, 6.07) is 11.6. The van der Waals surface area contributed by atoms with Crippen molar-refractivity contribution >= 4 is 44.8 Å². The third kappa shape index (κ3) is 3.67. The summed E-state index contributed by atoms with van der Waals surface area (Å²) < 4.78 is 1.02. The molecule has 1 atom stereocenters. The minimum Gasteiger partial charge on any atom is -0.377 e. The maximum atomic E-state index is 6.26. The first-order valence-electron chi connectivity index (χ1n) is 6.19. The van der Waals surface area contributed by atoms with Crippen LogP contribution in [0.25, 0.3) is 0 Å². The van der Waals surface area contributed by atoms with E-state index in [2.05, 4.69) is 33.4 Å². The minimum atomic E-state index is -0.0881. The molecule has 3 N–H and O–H groups in total. The van der Waals surface area contributed by atoms with Gasteiger partial charge in [-0.25, -0.2) is 0 Å². The molecule has 2 aromatic rings. The molecule has 0 aliphatic carbocycles. The third-order valence-electron chi connectivity index (χ3n) is 2.98. The van der Waals surface area contributed by atoms with Crippen molar-refractivity contribution in [2.45, 2.75) is 13.0 Å². The Morgan fingerprint density at radius 3 is 2.65 bits per heavy atom. The van der Waals surface area contributed by atoms with Crippen LogP contribution in [0.5, 0.6) is 0 Å². The number of rotatable bonds is 4. The molecule has 0 saturated heterocycles. The van der Waals surface area contributed by atoms with Gasteiger partial charge >= 0.3 is 0 Å². The monoisotopic (exact) mass is 372 g/mol. The fourth-order valence-corrected chi connectivity index (χ4v) is 3.12. The van der Waals surface area contributed by atoms with Gasteiger partial charge in [-0.2, -0.15) is 0 Å². The number of nitrogens with one attached hydrogen (secondary N) is 1. The minimum absolute atomic E-state index is 0.0881. The topological polar surface area (TPSA) is 38.0 Å². The number of hydrogen-bond donors (Lipinski definition) is 2. The molecule has 2 aromatic carbocycles. The molecule has 0 aliphatic heterocycles. The van der Waals surface area contributed by atoms with Crippen LogP contribution in [0.3, 0.4) is 0 Å². The fourth-order valence-electron chi connectivity index (χ4n) is 2.07. The second kappa shape index (κ2) is 6.81. The molecule has 5 heteroatoms. The lowest BCUT2D eigenvalue weighted by Crippen LogP contribution is -2.21. The van der Waals surface area contributed by atoms with Crippen molar-refractivity contribution in [3.63, 3.8) is 0 Å². The smallest absolute Gasteiger partial charge is 0.0651 e. The predicted octanol–water partition coefficient (Wildman–Crippen LogP) is 5.18. The van der Waals surface area contributed by atoms with Crippen LogP contribution in [0, 0.1) is 6.92 Å². The van der Waals surface area contributed by atoms with E-state index in [1.807, 2.05) is 25.1 Å². The van der Waals surface area contributed by atoms with E-state index in [9.17, 15) is 0 Å². The summed E-state index contributed by atoms with van der Waals surface area (Å²) in [4.78, 5) is 0. The van der Waals surface area contributed by atoms with Gasteiger partial charge in [-0.1, -0.05) is 51.3 Å². The zero-order valence-corrected chi connectivity index (χ0v) is 14.1. The predicted molar refractivity (Wildman–Crippen MR) is 90.8 cm³/mol. The highest BCUT2D eigenvalue weighted by molar-refractivity contribution is 9.10. The molecule has 0 bridgehead atoms. The van der Waals surface area contributed by atoms with Crippen molar-refractivity contribution < 1.29 is 0 Å². The van der Waals surface area contributed by atoms with Crippen LogP contribution in [0.15, 0.2) is 40.9 Å². The van der Waals surface area contributed by atoms with Crippen LogP contribution in [0.1, 0.15) is 17.2 Å². The summed E-state index contributed by atoms with van der Waals surface area (Å²) in [7, 11) is 0. The van der Waals surface area contributed by atoms with Crippen LogP contribution in [-0.2, 0) is 0 Å². The van der Waals surface area contributed by atoms with E-state index in [0.29, 0.717) is 16.6 Å². The van der Waals surface area contributed by atoms with E-state index in [0.717, 1.165) is 21.3 Å². The van der Waals surface area contributed by atoms with Gasteiger partial charge in [0.15, 0.2) is 0 Å². The molecule has 2 rings (SSSR count). The Bertz CT molecular complexity index is 597. The standard InChI is InChI=1S/C15H15BrCl2N2/c1-9-5-10(16)7-11(6-9)20-14(8-19)12-3-2-4-13(17)15(12)18/h2-7,14,20H,8,19H2,1H3. The van der Waals surface area contributed by atoms with Gasteiger partial charge in [-0.3, -0.25) is 0 Å². The van der Waals surface area contributed by atoms with Crippen molar-refractivity contribution in [1.82, 2.24) is 0 Å². The van der Waals surface area contributed by atoms with Gasteiger partial charge in [0.05, 0.1) is 16.1 Å². The van der Waals surface area contributed by atoms with Crippen LogP contribution < -0.4 is 11.1 Å². The largest absolute Gasteiger partial charge is 0.377 e. The number of hydrogen-bond acceptors (Lipinski definition) is 2. The summed E-state index contributed by atoms with van der Waals surface area (Å²) in [5, 5.41) is 4.48. The lowest BCUT2D eigenvalue weighted by Gasteiger charge is -2.20. The zero-order valence-electron chi connectivity index (χ0n) is 11.0. The number of halogens is 3. The quantitative estimate of drug-likeness (QED) is 0.775. The Morgan fingerprint density at radius 2 is 2.00 bits per heavy atom. The summed E-state index contributed by atoms with van der Waals surface area (Å²) in [6.07, 6.45) is 0. The SMILES string of the molecule is Cc1cc(Br)cc(NC(CN)c2cccc(Cl)c2Cl)c1. The zero-order chi connectivity index (χ0) is 14.7. The maximum absolute atomic E-state index is 6.26. The molecule has 0 aliphatic rings. The Morgan fingerprint density at radius 1 is 1.25 bits per heavy atom. The molecular weight excluding hydrogens is 359 g/mol. The maximum Gasteiger partial charge on any atom is 0.0651 e. The van der Waals surface area contributed by atoms with Gasteiger partial charge in [0.25, 0.3) is 0 Å². The van der Waals surface area contributed by atoms with E-state index in [-0.39, 0.29) is 6.04 Å². The Kier molecular flexibility index (Phi) is 5.33. The van der Waals surface area contributed by atoms with E-state index < -0.39 is 0 Å². The molecule has 2 nitrogen and oxygen atoms in total. The van der Waals surface area contributed by atoms with Crippen LogP contribution in [0.2, 0.25) is 10.0 Å². The first-order chi connectivity index (χ1) is 9.51. The first-order valence-corrected chi connectivity index (χ1v) is 7.74. The third-order valence-corrected chi connectivity index (χ3v) is 4.27.